The maximum Gasteiger partial charge on any atom is 0.271 e. The number of pyridine rings is 1. The fraction of sp³-hybridized carbons (Fsp3) is 0.261. The Hall–Kier alpha value is -3.26. The second kappa shape index (κ2) is 9.26. The Morgan fingerprint density at radius 3 is 2.10 bits per heavy atom. The van der Waals surface area contributed by atoms with Crippen LogP contribution in [0.15, 0.2) is 63.1 Å². The molecule has 7 nitrogen and oxygen atoms in total. The SMILES string of the molecule is CCCCc1[nH]c(=O)c(S(=O)(=O)c2ccccc2)c(O)c1-c1c(OC)cccc1OC. The van der Waals surface area contributed by atoms with Gasteiger partial charge < -0.3 is 19.6 Å². The van der Waals surface area contributed by atoms with Crippen LogP contribution in [-0.4, -0.2) is 32.7 Å². The van der Waals surface area contributed by atoms with Gasteiger partial charge >= 0.3 is 0 Å². The molecule has 0 radical (unpaired) electrons. The maximum atomic E-state index is 13.3. The number of hydrogen-bond acceptors (Lipinski definition) is 6. The standard InChI is InChI=1S/C23H25NO6S/c1-4-5-12-16-19(20-17(29-2)13-9-14-18(20)30-3)21(25)22(23(26)24-16)31(27,28)15-10-7-6-8-11-15/h6-11,13-14H,4-5,12H2,1-3H3,(H2,24,25,26). The van der Waals surface area contributed by atoms with E-state index in [9.17, 15) is 18.3 Å². The van der Waals surface area contributed by atoms with Gasteiger partial charge in [-0.2, -0.15) is 0 Å². The van der Waals surface area contributed by atoms with E-state index >= 15 is 0 Å². The number of aromatic hydroxyl groups is 1. The number of H-pyrrole nitrogens is 1. The van der Waals surface area contributed by atoms with Gasteiger partial charge in [0.1, 0.15) is 17.2 Å². The lowest BCUT2D eigenvalue weighted by Gasteiger charge is -2.19. The predicted molar refractivity (Wildman–Crippen MR) is 118 cm³/mol. The van der Waals surface area contributed by atoms with Crippen molar-refractivity contribution in [2.45, 2.75) is 36.0 Å². The summed E-state index contributed by atoms with van der Waals surface area (Å²) < 4.78 is 37.4. The van der Waals surface area contributed by atoms with E-state index < -0.39 is 26.0 Å². The van der Waals surface area contributed by atoms with Crippen molar-refractivity contribution in [1.82, 2.24) is 4.98 Å². The van der Waals surface area contributed by atoms with Gasteiger partial charge in [0.2, 0.25) is 9.84 Å². The number of aromatic nitrogens is 1. The number of sulfone groups is 1. The van der Waals surface area contributed by atoms with Crippen molar-refractivity contribution in [3.63, 3.8) is 0 Å². The molecule has 0 amide bonds. The highest BCUT2D eigenvalue weighted by molar-refractivity contribution is 7.91. The molecule has 31 heavy (non-hydrogen) atoms. The highest BCUT2D eigenvalue weighted by atomic mass is 32.2. The fourth-order valence-corrected chi connectivity index (χ4v) is 4.90. The van der Waals surface area contributed by atoms with Gasteiger partial charge in [0.15, 0.2) is 4.90 Å². The molecular weight excluding hydrogens is 418 g/mol. The first-order valence-electron chi connectivity index (χ1n) is 9.86. The topological polar surface area (TPSA) is 106 Å². The Morgan fingerprint density at radius 1 is 0.935 bits per heavy atom. The molecule has 1 heterocycles. The van der Waals surface area contributed by atoms with Crippen molar-refractivity contribution < 1.29 is 23.0 Å². The first kappa shape index (κ1) is 22.4. The summed E-state index contributed by atoms with van der Waals surface area (Å²) in [7, 11) is -1.35. The molecule has 0 saturated heterocycles. The van der Waals surface area contributed by atoms with Crippen LogP contribution in [0, 0.1) is 0 Å². The average molecular weight is 444 g/mol. The molecule has 0 fully saturated rings. The van der Waals surface area contributed by atoms with Crippen molar-refractivity contribution >= 4 is 9.84 Å². The van der Waals surface area contributed by atoms with Crippen LogP contribution in [0.4, 0.5) is 0 Å². The van der Waals surface area contributed by atoms with E-state index in [1.165, 1.54) is 26.4 Å². The van der Waals surface area contributed by atoms with Crippen molar-refractivity contribution in [3.05, 3.63) is 64.6 Å². The number of aromatic amines is 1. The van der Waals surface area contributed by atoms with E-state index in [4.69, 9.17) is 9.47 Å². The third-order valence-electron chi connectivity index (χ3n) is 5.00. The quantitative estimate of drug-likeness (QED) is 0.546. The van der Waals surface area contributed by atoms with Crippen molar-refractivity contribution in [2.24, 2.45) is 0 Å². The Labute approximate surface area is 181 Å². The largest absolute Gasteiger partial charge is 0.506 e. The van der Waals surface area contributed by atoms with E-state index in [0.29, 0.717) is 29.2 Å². The Kier molecular flexibility index (Phi) is 6.70. The molecule has 0 aliphatic heterocycles. The molecule has 1 aromatic heterocycles. The molecule has 8 heteroatoms. The molecular formula is C23H25NO6S. The van der Waals surface area contributed by atoms with Gasteiger partial charge in [-0.15, -0.1) is 0 Å². The van der Waals surface area contributed by atoms with Crippen LogP contribution < -0.4 is 15.0 Å². The molecule has 164 valence electrons. The van der Waals surface area contributed by atoms with Gasteiger partial charge in [-0.3, -0.25) is 4.79 Å². The first-order chi connectivity index (χ1) is 14.9. The van der Waals surface area contributed by atoms with Crippen molar-refractivity contribution in [3.8, 4) is 28.4 Å². The smallest absolute Gasteiger partial charge is 0.271 e. The van der Waals surface area contributed by atoms with Crippen LogP contribution in [0.5, 0.6) is 17.2 Å². The normalized spacial score (nSPS) is 11.3. The third-order valence-corrected chi connectivity index (χ3v) is 6.81. The van der Waals surface area contributed by atoms with Gasteiger partial charge in [-0.1, -0.05) is 37.6 Å². The summed E-state index contributed by atoms with van der Waals surface area (Å²) in [5, 5.41) is 11.2. The lowest BCUT2D eigenvalue weighted by Crippen LogP contribution is -2.21. The van der Waals surface area contributed by atoms with E-state index in [1.54, 1.807) is 36.4 Å². The lowest BCUT2D eigenvalue weighted by atomic mass is 9.98. The average Bonchev–Trinajstić information content (AvgIpc) is 2.77. The number of methoxy groups -OCH3 is 2. The summed E-state index contributed by atoms with van der Waals surface area (Å²) in [4.78, 5) is 14.8. The monoisotopic (exact) mass is 443 g/mol. The lowest BCUT2D eigenvalue weighted by molar-refractivity contribution is 0.395. The third kappa shape index (κ3) is 4.16. The van der Waals surface area contributed by atoms with Crippen molar-refractivity contribution in [2.75, 3.05) is 14.2 Å². The number of benzene rings is 2. The van der Waals surface area contributed by atoms with Gasteiger partial charge in [-0.05, 0) is 37.1 Å². The van der Waals surface area contributed by atoms with Gasteiger partial charge in [0, 0.05) is 5.69 Å². The molecule has 0 unspecified atom stereocenters. The minimum atomic E-state index is -4.28. The molecule has 2 aromatic carbocycles. The van der Waals surface area contributed by atoms with Crippen LogP contribution in [0.25, 0.3) is 11.1 Å². The van der Waals surface area contributed by atoms with E-state index in [0.717, 1.165) is 12.8 Å². The second-order valence-electron chi connectivity index (χ2n) is 6.94. The van der Waals surface area contributed by atoms with Crippen LogP contribution in [0.3, 0.4) is 0 Å². The Balaban J connectivity index is 2.42. The molecule has 3 aromatic rings. The zero-order valence-corrected chi connectivity index (χ0v) is 18.5. The van der Waals surface area contributed by atoms with E-state index in [2.05, 4.69) is 4.98 Å². The zero-order valence-electron chi connectivity index (χ0n) is 17.6. The van der Waals surface area contributed by atoms with Crippen LogP contribution in [0.2, 0.25) is 0 Å². The number of unbranched alkanes of at least 4 members (excludes halogenated alkanes) is 1. The number of hydrogen-bond donors (Lipinski definition) is 2. The number of aryl methyl sites for hydroxylation is 1. The molecule has 0 bridgehead atoms. The summed E-state index contributed by atoms with van der Waals surface area (Å²) in [6, 6.07) is 12.6. The summed E-state index contributed by atoms with van der Waals surface area (Å²) in [6.45, 7) is 2.00. The molecule has 2 N–H and O–H groups in total. The number of ether oxygens (including phenoxy) is 2. The van der Waals surface area contributed by atoms with Gasteiger partial charge in [-0.25, -0.2) is 8.42 Å². The Morgan fingerprint density at radius 2 is 1.55 bits per heavy atom. The highest BCUT2D eigenvalue weighted by Gasteiger charge is 2.31. The molecule has 0 aliphatic rings. The van der Waals surface area contributed by atoms with E-state index in [1.807, 2.05) is 6.92 Å². The minimum absolute atomic E-state index is 0.0879. The Bertz CT molecular complexity index is 1210. The summed E-state index contributed by atoms with van der Waals surface area (Å²) in [5.74, 6) is 0.131. The summed E-state index contributed by atoms with van der Waals surface area (Å²) >= 11 is 0. The minimum Gasteiger partial charge on any atom is -0.506 e. The highest BCUT2D eigenvalue weighted by Crippen LogP contribution is 2.46. The van der Waals surface area contributed by atoms with Gasteiger partial charge in [0.25, 0.3) is 5.56 Å². The molecule has 0 aliphatic carbocycles. The second-order valence-corrected chi connectivity index (χ2v) is 8.83. The molecule has 3 rings (SSSR count). The zero-order chi connectivity index (χ0) is 22.6. The molecule has 0 atom stereocenters. The van der Waals surface area contributed by atoms with Crippen LogP contribution >= 0.6 is 0 Å². The number of nitrogens with one attached hydrogen (secondary N) is 1. The van der Waals surface area contributed by atoms with E-state index in [-0.39, 0.29) is 10.5 Å². The molecule has 0 spiro atoms. The summed E-state index contributed by atoms with van der Waals surface area (Å²) in [6.07, 6.45) is 2.00. The van der Waals surface area contributed by atoms with Crippen molar-refractivity contribution in [1.29, 1.82) is 0 Å². The van der Waals surface area contributed by atoms with Crippen LogP contribution in [0.1, 0.15) is 25.5 Å². The summed E-state index contributed by atoms with van der Waals surface area (Å²) in [5.41, 5.74) is 0.0953. The first-order valence-corrected chi connectivity index (χ1v) is 11.3. The fourth-order valence-electron chi connectivity index (χ4n) is 3.50. The predicted octanol–water partition coefficient (Wildman–Crippen LogP) is 3.94. The van der Waals surface area contributed by atoms with Crippen LogP contribution in [-0.2, 0) is 16.3 Å². The molecule has 0 saturated carbocycles. The maximum absolute atomic E-state index is 13.3. The number of rotatable bonds is 8. The van der Waals surface area contributed by atoms with Gasteiger partial charge in [0.05, 0.1) is 30.2 Å².